The molecule has 0 unspecified atom stereocenters. The number of hydrogen-bond acceptors (Lipinski definition) is 5. The van der Waals surface area contributed by atoms with Crippen LogP contribution < -0.4 is 15.4 Å². The second-order valence-electron chi connectivity index (χ2n) is 8.15. The van der Waals surface area contributed by atoms with Crippen LogP contribution in [-0.2, 0) is 0 Å². The maximum Gasteiger partial charge on any atom is 0.319 e. The van der Waals surface area contributed by atoms with Crippen LogP contribution in [0.15, 0.2) is 42.6 Å². The van der Waals surface area contributed by atoms with Gasteiger partial charge >= 0.3 is 6.03 Å². The zero-order valence-electron chi connectivity index (χ0n) is 17.6. The van der Waals surface area contributed by atoms with Crippen LogP contribution in [0, 0.1) is 0 Å². The molecule has 8 heteroatoms. The van der Waals surface area contributed by atoms with Crippen LogP contribution in [0.3, 0.4) is 0 Å². The molecule has 3 N–H and O–H groups in total. The second kappa shape index (κ2) is 9.64. The SMILES string of the molecule is COc1ccc([C@@H]2CN(C(C)(C)CO)CC[C@H]2NC(=O)Nc2ccc(Cl)cc2)nc1. The summed E-state index contributed by atoms with van der Waals surface area (Å²) in [5.41, 5.74) is 1.21. The number of amides is 2. The number of carbonyl (C=O) groups is 1. The Morgan fingerprint density at radius 1 is 1.30 bits per heavy atom. The third-order valence-corrected chi connectivity index (χ3v) is 5.90. The molecule has 3 rings (SSSR count). The largest absolute Gasteiger partial charge is 0.495 e. The molecule has 162 valence electrons. The van der Waals surface area contributed by atoms with Gasteiger partial charge in [0.2, 0.25) is 0 Å². The predicted molar refractivity (Wildman–Crippen MR) is 118 cm³/mol. The molecule has 0 bridgehead atoms. The molecule has 2 atom stereocenters. The lowest BCUT2D eigenvalue weighted by molar-refractivity contribution is 0.0277. The molecule has 0 spiro atoms. The van der Waals surface area contributed by atoms with E-state index in [1.54, 1.807) is 37.6 Å². The van der Waals surface area contributed by atoms with Gasteiger partial charge in [-0.2, -0.15) is 0 Å². The molecule has 1 aromatic heterocycles. The summed E-state index contributed by atoms with van der Waals surface area (Å²) in [6, 6.07) is 10.4. The highest BCUT2D eigenvalue weighted by Gasteiger charge is 2.37. The molecule has 0 radical (unpaired) electrons. The third kappa shape index (κ3) is 5.41. The summed E-state index contributed by atoms with van der Waals surface area (Å²) >= 11 is 5.91. The number of likely N-dealkylation sites (tertiary alicyclic amines) is 1. The highest BCUT2D eigenvalue weighted by molar-refractivity contribution is 6.30. The quantitative estimate of drug-likeness (QED) is 0.650. The molecule has 1 aliphatic rings. The minimum absolute atomic E-state index is 0.0218. The Hall–Kier alpha value is -2.35. The number of aromatic nitrogens is 1. The number of nitrogens with one attached hydrogen (secondary N) is 2. The molecule has 30 heavy (non-hydrogen) atoms. The Kier molecular flexibility index (Phi) is 7.18. The average molecular weight is 433 g/mol. The summed E-state index contributed by atoms with van der Waals surface area (Å²) < 4.78 is 5.22. The van der Waals surface area contributed by atoms with Gasteiger partial charge in [0.1, 0.15) is 5.75 Å². The van der Waals surface area contributed by atoms with Gasteiger partial charge in [-0.1, -0.05) is 11.6 Å². The van der Waals surface area contributed by atoms with Crippen LogP contribution in [0.1, 0.15) is 31.9 Å². The van der Waals surface area contributed by atoms with E-state index < -0.39 is 0 Å². The Morgan fingerprint density at radius 2 is 2.03 bits per heavy atom. The summed E-state index contributed by atoms with van der Waals surface area (Å²) in [5.74, 6) is 0.665. The Balaban J connectivity index is 1.76. The third-order valence-electron chi connectivity index (χ3n) is 5.65. The molecule has 0 aliphatic carbocycles. The number of anilines is 1. The van der Waals surface area contributed by atoms with Crippen molar-refractivity contribution in [3.63, 3.8) is 0 Å². The van der Waals surface area contributed by atoms with Crippen LogP contribution in [0.25, 0.3) is 0 Å². The van der Waals surface area contributed by atoms with E-state index in [9.17, 15) is 9.90 Å². The van der Waals surface area contributed by atoms with Crippen LogP contribution in [-0.4, -0.2) is 59.4 Å². The number of piperidine rings is 1. The second-order valence-corrected chi connectivity index (χ2v) is 8.58. The average Bonchev–Trinajstić information content (AvgIpc) is 2.75. The predicted octanol–water partition coefficient (Wildman–Crippen LogP) is 3.49. The number of halogens is 1. The van der Waals surface area contributed by atoms with E-state index in [2.05, 4.69) is 20.5 Å². The number of pyridine rings is 1. The molecule has 1 aromatic carbocycles. The van der Waals surface area contributed by atoms with E-state index in [1.807, 2.05) is 26.0 Å². The summed E-state index contributed by atoms with van der Waals surface area (Å²) in [6.45, 7) is 5.55. The molecular weight excluding hydrogens is 404 g/mol. The van der Waals surface area contributed by atoms with Crippen LogP contribution in [0.5, 0.6) is 5.75 Å². The van der Waals surface area contributed by atoms with Gasteiger partial charge in [-0.15, -0.1) is 0 Å². The van der Waals surface area contributed by atoms with E-state index in [0.717, 1.165) is 18.7 Å². The summed E-state index contributed by atoms with van der Waals surface area (Å²) in [7, 11) is 1.61. The number of aliphatic hydroxyl groups excluding tert-OH is 1. The molecule has 7 nitrogen and oxygen atoms in total. The van der Waals surface area contributed by atoms with Gasteiger partial charge in [-0.3, -0.25) is 9.88 Å². The minimum atomic E-state index is -0.346. The van der Waals surface area contributed by atoms with Gasteiger partial charge < -0.3 is 20.5 Å². The van der Waals surface area contributed by atoms with Crippen molar-refractivity contribution in [2.75, 3.05) is 32.1 Å². The van der Waals surface area contributed by atoms with Gasteiger partial charge in [-0.05, 0) is 56.7 Å². The van der Waals surface area contributed by atoms with Gasteiger partial charge in [-0.25, -0.2) is 4.79 Å². The molecule has 2 aromatic rings. The van der Waals surface area contributed by atoms with Crippen molar-refractivity contribution >= 4 is 23.3 Å². The van der Waals surface area contributed by atoms with Crippen molar-refractivity contribution in [3.8, 4) is 5.75 Å². The van der Waals surface area contributed by atoms with Gasteiger partial charge in [0.15, 0.2) is 0 Å². The minimum Gasteiger partial charge on any atom is -0.495 e. The first-order valence-electron chi connectivity index (χ1n) is 10.0. The standard InChI is InChI=1S/C22H29ClN4O3/c1-22(2,14-28)27-11-10-20(18(13-27)19-9-8-17(30-3)12-24-19)26-21(29)25-16-6-4-15(23)5-7-16/h4-9,12,18,20,28H,10-11,13-14H2,1-3H3,(H2,25,26,29)/t18-,20+/m0/s1. The zero-order valence-corrected chi connectivity index (χ0v) is 18.3. The number of ether oxygens (including phenoxy) is 1. The molecule has 2 heterocycles. The number of rotatable bonds is 6. The van der Waals surface area contributed by atoms with Crippen molar-refractivity contribution in [2.24, 2.45) is 0 Å². The number of aliphatic hydroxyl groups is 1. The Morgan fingerprint density at radius 3 is 2.63 bits per heavy atom. The first-order valence-corrected chi connectivity index (χ1v) is 10.4. The van der Waals surface area contributed by atoms with E-state index in [4.69, 9.17) is 16.3 Å². The normalized spacial score (nSPS) is 19.9. The monoisotopic (exact) mass is 432 g/mol. The number of hydrogen-bond donors (Lipinski definition) is 3. The van der Waals surface area contributed by atoms with Crippen LogP contribution in [0.2, 0.25) is 5.02 Å². The zero-order chi connectivity index (χ0) is 21.7. The van der Waals surface area contributed by atoms with Crippen LogP contribution in [0.4, 0.5) is 10.5 Å². The van der Waals surface area contributed by atoms with Gasteiger partial charge in [0, 0.05) is 47.0 Å². The lowest BCUT2D eigenvalue weighted by atomic mass is 9.86. The maximum atomic E-state index is 12.6. The highest BCUT2D eigenvalue weighted by atomic mass is 35.5. The summed E-state index contributed by atoms with van der Waals surface area (Å²) in [6.07, 6.45) is 2.44. The van der Waals surface area contributed by atoms with E-state index in [1.165, 1.54) is 0 Å². The number of benzene rings is 1. The fourth-order valence-corrected chi connectivity index (χ4v) is 3.80. The first-order chi connectivity index (χ1) is 14.3. The maximum absolute atomic E-state index is 12.6. The molecule has 2 amide bonds. The van der Waals surface area contributed by atoms with Gasteiger partial charge in [0.05, 0.1) is 19.9 Å². The smallest absolute Gasteiger partial charge is 0.319 e. The number of nitrogens with zero attached hydrogens (tertiary/aromatic N) is 2. The van der Waals surface area contributed by atoms with E-state index in [-0.39, 0.29) is 30.1 Å². The highest BCUT2D eigenvalue weighted by Crippen LogP contribution is 2.31. The van der Waals surface area contributed by atoms with Crippen molar-refractivity contribution in [3.05, 3.63) is 53.3 Å². The number of methoxy groups -OCH3 is 1. The topological polar surface area (TPSA) is 86.7 Å². The van der Waals surface area contributed by atoms with Crippen molar-refractivity contribution in [1.82, 2.24) is 15.2 Å². The van der Waals surface area contributed by atoms with Gasteiger partial charge in [0.25, 0.3) is 0 Å². The molecular formula is C22H29ClN4O3. The fourth-order valence-electron chi connectivity index (χ4n) is 3.67. The van der Waals surface area contributed by atoms with E-state index >= 15 is 0 Å². The summed E-state index contributed by atoms with van der Waals surface area (Å²) in [5, 5.41) is 16.4. The Labute approximate surface area is 182 Å². The summed E-state index contributed by atoms with van der Waals surface area (Å²) in [4.78, 5) is 19.4. The molecule has 1 fully saturated rings. The number of urea groups is 1. The molecule has 1 aliphatic heterocycles. The fraction of sp³-hybridized carbons (Fsp3) is 0.455. The van der Waals surface area contributed by atoms with E-state index in [0.29, 0.717) is 23.0 Å². The van der Waals surface area contributed by atoms with Crippen molar-refractivity contribution in [2.45, 2.75) is 37.8 Å². The Bertz CT molecular complexity index is 842. The van der Waals surface area contributed by atoms with Crippen LogP contribution >= 0.6 is 11.6 Å². The lowest BCUT2D eigenvalue weighted by Crippen LogP contribution is -2.57. The molecule has 0 saturated carbocycles. The van der Waals surface area contributed by atoms with Crippen molar-refractivity contribution < 1.29 is 14.6 Å². The first kappa shape index (κ1) is 22.3. The van der Waals surface area contributed by atoms with Crippen molar-refractivity contribution in [1.29, 1.82) is 0 Å². The number of carbonyl (C=O) groups excluding carboxylic acids is 1. The molecule has 1 saturated heterocycles. The lowest BCUT2D eigenvalue weighted by Gasteiger charge is -2.45.